The minimum absolute atomic E-state index is 0.0240. The Morgan fingerprint density at radius 3 is 1.74 bits per heavy atom. The van der Waals surface area contributed by atoms with Gasteiger partial charge >= 0.3 is 17.9 Å². The molecule has 0 saturated carbocycles. The molecule has 0 aliphatic carbocycles. The van der Waals surface area contributed by atoms with E-state index in [0.29, 0.717) is 5.56 Å². The Kier molecular flexibility index (Phi) is 13.4. The maximum absolute atomic E-state index is 13.3. The van der Waals surface area contributed by atoms with Crippen LogP contribution in [0.15, 0.2) is 24.3 Å². The first-order valence-corrected chi connectivity index (χ1v) is 12.3. The molecule has 1 rings (SSSR count). The van der Waals surface area contributed by atoms with Gasteiger partial charge in [0.25, 0.3) is 0 Å². The third-order valence-corrected chi connectivity index (χ3v) is 5.62. The van der Waals surface area contributed by atoms with E-state index in [1.54, 1.807) is 13.8 Å². The van der Waals surface area contributed by atoms with E-state index in [1.807, 2.05) is 0 Å². The number of carboxylic acid groups (broad SMARTS) is 3. The summed E-state index contributed by atoms with van der Waals surface area (Å²) in [7, 11) is 0. The van der Waals surface area contributed by atoms with Gasteiger partial charge in [-0.25, -0.2) is 4.79 Å². The molecule has 216 valence electrons. The van der Waals surface area contributed by atoms with E-state index >= 15 is 0 Å². The van der Waals surface area contributed by atoms with Crippen LogP contribution in [0.2, 0.25) is 0 Å². The molecular weight excluding hydrogens is 516 g/mol. The molecule has 0 saturated heterocycles. The SMILES string of the molecule is CC(C)CC(NC(=O)C(Cc1ccc(O)cc1)NC(=O)C(N)CCC(=O)O)C(=O)NC(CCC(=O)O)C(=O)O. The molecule has 4 atom stereocenters. The van der Waals surface area contributed by atoms with Crippen molar-refractivity contribution in [3.05, 3.63) is 29.8 Å². The molecule has 0 aromatic heterocycles. The topological polar surface area (TPSA) is 245 Å². The van der Waals surface area contributed by atoms with Gasteiger partial charge in [0.05, 0.1) is 6.04 Å². The summed E-state index contributed by atoms with van der Waals surface area (Å²) in [5.74, 6) is -6.41. The molecule has 0 bridgehead atoms. The zero-order valence-corrected chi connectivity index (χ0v) is 21.8. The second-order valence-corrected chi connectivity index (χ2v) is 9.49. The lowest BCUT2D eigenvalue weighted by molar-refractivity contribution is -0.143. The van der Waals surface area contributed by atoms with E-state index in [9.17, 15) is 39.0 Å². The maximum Gasteiger partial charge on any atom is 0.326 e. The number of benzene rings is 1. The van der Waals surface area contributed by atoms with Gasteiger partial charge in [-0.05, 0) is 42.9 Å². The van der Waals surface area contributed by atoms with Crippen molar-refractivity contribution in [2.45, 2.75) is 76.5 Å². The maximum atomic E-state index is 13.3. The Bertz CT molecular complexity index is 1030. The van der Waals surface area contributed by atoms with Crippen LogP contribution in [-0.4, -0.2) is 80.2 Å². The number of phenolic OH excluding ortho intramolecular Hbond substituents is 1. The van der Waals surface area contributed by atoms with Crippen LogP contribution in [0.1, 0.15) is 51.5 Å². The lowest BCUT2D eigenvalue weighted by Gasteiger charge is -2.26. The highest BCUT2D eigenvalue weighted by Gasteiger charge is 2.31. The fourth-order valence-corrected chi connectivity index (χ4v) is 3.54. The number of rotatable bonds is 17. The lowest BCUT2D eigenvalue weighted by Crippen LogP contribution is -2.57. The fourth-order valence-electron chi connectivity index (χ4n) is 3.54. The molecule has 0 spiro atoms. The highest BCUT2D eigenvalue weighted by Crippen LogP contribution is 2.13. The van der Waals surface area contributed by atoms with Gasteiger partial charge in [-0.1, -0.05) is 26.0 Å². The van der Waals surface area contributed by atoms with Crippen LogP contribution in [-0.2, 0) is 35.2 Å². The Morgan fingerprint density at radius 1 is 0.744 bits per heavy atom. The molecule has 0 radical (unpaired) electrons. The van der Waals surface area contributed by atoms with Gasteiger partial charge in [-0.3, -0.25) is 24.0 Å². The summed E-state index contributed by atoms with van der Waals surface area (Å²) in [6, 6.07) is 0.587. The highest BCUT2D eigenvalue weighted by molar-refractivity contribution is 5.94. The molecule has 39 heavy (non-hydrogen) atoms. The quantitative estimate of drug-likeness (QED) is 0.123. The predicted octanol–water partition coefficient (Wildman–Crippen LogP) is -0.423. The Balaban J connectivity index is 3.13. The number of phenols is 1. The third kappa shape index (κ3) is 12.7. The van der Waals surface area contributed by atoms with E-state index < -0.39 is 66.2 Å². The lowest BCUT2D eigenvalue weighted by atomic mass is 10.00. The van der Waals surface area contributed by atoms with Crippen LogP contribution in [0.25, 0.3) is 0 Å². The van der Waals surface area contributed by atoms with Gasteiger partial charge in [0.1, 0.15) is 23.9 Å². The number of amides is 3. The number of carbonyl (C=O) groups excluding carboxylic acids is 3. The van der Waals surface area contributed by atoms with E-state index in [1.165, 1.54) is 24.3 Å². The second kappa shape index (κ2) is 15.9. The third-order valence-electron chi connectivity index (χ3n) is 5.62. The summed E-state index contributed by atoms with van der Waals surface area (Å²) in [4.78, 5) is 72.0. The van der Waals surface area contributed by atoms with Crippen molar-refractivity contribution >= 4 is 35.6 Å². The fraction of sp³-hybridized carbons (Fsp3) is 0.520. The number of nitrogens with one attached hydrogen (secondary N) is 3. The Labute approximate surface area is 225 Å². The van der Waals surface area contributed by atoms with Crippen molar-refractivity contribution in [1.29, 1.82) is 0 Å². The molecule has 14 nitrogen and oxygen atoms in total. The predicted molar refractivity (Wildman–Crippen MR) is 136 cm³/mol. The van der Waals surface area contributed by atoms with Gasteiger partial charge in [0, 0.05) is 19.3 Å². The molecular formula is C25H36N4O10. The number of nitrogens with two attached hydrogens (primary N) is 1. The average Bonchev–Trinajstić information content (AvgIpc) is 2.84. The number of carboxylic acids is 3. The van der Waals surface area contributed by atoms with Crippen LogP contribution < -0.4 is 21.7 Å². The smallest absolute Gasteiger partial charge is 0.326 e. The Morgan fingerprint density at radius 2 is 1.23 bits per heavy atom. The minimum atomic E-state index is -1.50. The zero-order chi connectivity index (χ0) is 29.7. The van der Waals surface area contributed by atoms with Crippen molar-refractivity contribution in [2.24, 2.45) is 11.7 Å². The van der Waals surface area contributed by atoms with Crippen LogP contribution in [0, 0.1) is 5.92 Å². The van der Waals surface area contributed by atoms with Crippen molar-refractivity contribution in [3.8, 4) is 5.75 Å². The summed E-state index contributed by atoms with van der Waals surface area (Å²) in [6.45, 7) is 3.53. The van der Waals surface area contributed by atoms with Crippen molar-refractivity contribution in [1.82, 2.24) is 16.0 Å². The molecule has 14 heteroatoms. The van der Waals surface area contributed by atoms with Gasteiger partial charge in [-0.2, -0.15) is 0 Å². The summed E-state index contributed by atoms with van der Waals surface area (Å²) in [5, 5.41) is 43.8. The first-order chi connectivity index (χ1) is 18.2. The molecule has 4 unspecified atom stereocenters. The van der Waals surface area contributed by atoms with E-state index in [2.05, 4.69) is 16.0 Å². The second-order valence-electron chi connectivity index (χ2n) is 9.49. The van der Waals surface area contributed by atoms with Gasteiger partial charge < -0.3 is 42.1 Å². The van der Waals surface area contributed by atoms with Crippen LogP contribution in [0.3, 0.4) is 0 Å². The van der Waals surface area contributed by atoms with Crippen LogP contribution in [0.5, 0.6) is 5.75 Å². The largest absolute Gasteiger partial charge is 0.508 e. The number of hydrogen-bond acceptors (Lipinski definition) is 8. The van der Waals surface area contributed by atoms with Crippen molar-refractivity contribution in [3.63, 3.8) is 0 Å². The number of hydrogen-bond donors (Lipinski definition) is 8. The molecule has 0 heterocycles. The summed E-state index contributed by atoms with van der Waals surface area (Å²) in [5.41, 5.74) is 6.31. The van der Waals surface area contributed by atoms with Crippen molar-refractivity contribution in [2.75, 3.05) is 0 Å². The molecule has 1 aromatic carbocycles. The Hall–Kier alpha value is -4.20. The summed E-state index contributed by atoms with van der Waals surface area (Å²) in [6.07, 6.45) is -1.39. The van der Waals surface area contributed by atoms with E-state index in [4.69, 9.17) is 15.9 Å². The number of aromatic hydroxyl groups is 1. The first-order valence-electron chi connectivity index (χ1n) is 12.3. The van der Waals surface area contributed by atoms with E-state index in [0.717, 1.165) is 0 Å². The summed E-state index contributed by atoms with van der Waals surface area (Å²) < 4.78 is 0. The standard InChI is InChI=1S/C25H36N4O10/c1-13(2)11-18(23(36)27-17(25(38)39)8-10-21(33)34)29-24(37)19(12-14-3-5-15(30)6-4-14)28-22(35)16(26)7-9-20(31)32/h3-6,13,16-19,30H,7-12,26H2,1-2H3,(H,27,36)(H,28,35)(H,29,37)(H,31,32)(H,33,34)(H,38,39). The molecule has 1 aromatic rings. The molecule has 0 fully saturated rings. The number of carbonyl (C=O) groups is 6. The van der Waals surface area contributed by atoms with E-state index in [-0.39, 0.29) is 43.8 Å². The van der Waals surface area contributed by atoms with Gasteiger partial charge in [-0.15, -0.1) is 0 Å². The molecule has 0 aliphatic rings. The zero-order valence-electron chi connectivity index (χ0n) is 21.8. The molecule has 9 N–H and O–H groups in total. The molecule has 0 aliphatic heterocycles. The number of aliphatic carboxylic acids is 3. The average molecular weight is 553 g/mol. The first kappa shape index (κ1) is 32.8. The summed E-state index contributed by atoms with van der Waals surface area (Å²) >= 11 is 0. The molecule has 3 amide bonds. The van der Waals surface area contributed by atoms with Crippen LogP contribution >= 0.6 is 0 Å². The minimum Gasteiger partial charge on any atom is -0.508 e. The highest BCUT2D eigenvalue weighted by atomic mass is 16.4. The van der Waals surface area contributed by atoms with Crippen molar-refractivity contribution < 1.29 is 49.2 Å². The van der Waals surface area contributed by atoms with Gasteiger partial charge in [0.2, 0.25) is 17.7 Å². The normalized spacial score (nSPS) is 13.9. The van der Waals surface area contributed by atoms with Gasteiger partial charge in [0.15, 0.2) is 0 Å². The van der Waals surface area contributed by atoms with Crippen LogP contribution in [0.4, 0.5) is 0 Å². The monoisotopic (exact) mass is 552 g/mol.